The first-order chi connectivity index (χ1) is 16.2. The highest BCUT2D eigenvalue weighted by Crippen LogP contribution is 2.43. The number of hydrogen-bond acceptors (Lipinski definition) is 9. The van der Waals surface area contributed by atoms with Crippen molar-refractivity contribution < 1.29 is 34.0 Å². The van der Waals surface area contributed by atoms with Crippen LogP contribution in [-0.2, 0) is 23.8 Å². The highest BCUT2D eigenvalue weighted by Gasteiger charge is 2.53. The molecular weight excluding hydrogens is 470 g/mol. The number of cyclic esters (lactones) is 1. The van der Waals surface area contributed by atoms with E-state index in [1.807, 2.05) is 32.2 Å². The summed E-state index contributed by atoms with van der Waals surface area (Å²) in [5.41, 5.74) is -0.0527. The SMILES string of the molecule is C/C(=C\c1csc(C)n1)[C@@H]1C[C@@H]2O[C@]2(C)CCO[C@H](C)[C@H](O)[C@@H](C)C(=O)C(C)(C)[C@@H](O)CC(=O)O1. The molecule has 1 aromatic heterocycles. The molecular formula is C26H39NO7S. The van der Waals surface area contributed by atoms with Crippen LogP contribution in [0.4, 0.5) is 0 Å². The quantitative estimate of drug-likeness (QED) is 0.460. The molecule has 2 aliphatic heterocycles. The van der Waals surface area contributed by atoms with Gasteiger partial charge in [0, 0.05) is 30.7 Å². The Hall–Kier alpha value is -1.65. The molecule has 0 aliphatic carbocycles. The van der Waals surface area contributed by atoms with E-state index in [0.29, 0.717) is 19.4 Å². The Balaban J connectivity index is 1.85. The minimum Gasteiger partial charge on any atom is -0.458 e. The summed E-state index contributed by atoms with van der Waals surface area (Å²) in [6.07, 6.45) is -0.931. The average molecular weight is 510 g/mol. The summed E-state index contributed by atoms with van der Waals surface area (Å²) in [6, 6.07) is 0. The molecule has 2 N–H and O–H groups in total. The van der Waals surface area contributed by atoms with Crippen LogP contribution in [-0.4, -0.2) is 69.7 Å². The van der Waals surface area contributed by atoms with Crippen LogP contribution in [0.2, 0.25) is 0 Å². The molecule has 196 valence electrons. The number of Topliss-reactive ketones (excluding diaryl/α,β-unsaturated/α-hetero) is 1. The van der Waals surface area contributed by atoms with Gasteiger partial charge in [0.25, 0.3) is 0 Å². The molecule has 8 nitrogen and oxygen atoms in total. The number of carbonyl (C=O) groups excluding carboxylic acids is 2. The molecule has 0 amide bonds. The molecule has 3 rings (SSSR count). The van der Waals surface area contributed by atoms with Gasteiger partial charge in [0.05, 0.1) is 52.6 Å². The van der Waals surface area contributed by atoms with Gasteiger partial charge >= 0.3 is 5.97 Å². The van der Waals surface area contributed by atoms with Crippen molar-refractivity contribution in [3.05, 3.63) is 21.7 Å². The topological polar surface area (TPSA) is 118 Å². The van der Waals surface area contributed by atoms with Crippen LogP contribution in [0.3, 0.4) is 0 Å². The molecule has 0 aromatic carbocycles. The van der Waals surface area contributed by atoms with Crippen LogP contribution in [0.15, 0.2) is 11.0 Å². The number of epoxide rings is 1. The smallest absolute Gasteiger partial charge is 0.309 e. The summed E-state index contributed by atoms with van der Waals surface area (Å²) >= 11 is 1.54. The number of hydrogen-bond donors (Lipinski definition) is 2. The first-order valence-corrected chi connectivity index (χ1v) is 13.1. The van der Waals surface area contributed by atoms with Crippen molar-refractivity contribution in [1.29, 1.82) is 0 Å². The van der Waals surface area contributed by atoms with Gasteiger partial charge in [-0.1, -0.05) is 20.8 Å². The van der Waals surface area contributed by atoms with Gasteiger partial charge in [-0.15, -0.1) is 11.3 Å². The predicted octanol–water partition coefficient (Wildman–Crippen LogP) is 3.47. The van der Waals surface area contributed by atoms with Gasteiger partial charge < -0.3 is 24.4 Å². The molecule has 0 spiro atoms. The Bertz CT molecular complexity index is 957. The standard InChI is InChI=1S/C26H39NO7S/c1-14(10-18-13-35-17(4)27-18)19-11-21-26(7,34-21)8-9-32-16(3)23(30)15(2)24(31)25(5,6)20(28)12-22(29)33-19/h10,13,15-16,19-21,23,28,30H,8-9,11-12H2,1-7H3/b14-10+/t15-,16-,19+,20+,21+,23-,26-/m1/s1. The van der Waals surface area contributed by atoms with E-state index in [-0.39, 0.29) is 18.3 Å². The van der Waals surface area contributed by atoms with E-state index in [9.17, 15) is 19.8 Å². The largest absolute Gasteiger partial charge is 0.458 e. The van der Waals surface area contributed by atoms with Gasteiger partial charge in [-0.2, -0.15) is 0 Å². The van der Waals surface area contributed by atoms with Crippen LogP contribution < -0.4 is 0 Å². The van der Waals surface area contributed by atoms with E-state index < -0.39 is 47.3 Å². The summed E-state index contributed by atoms with van der Waals surface area (Å²) in [6.45, 7) is 12.7. The number of aliphatic hydroxyl groups excluding tert-OH is 2. The van der Waals surface area contributed by atoms with Crippen LogP contribution in [0.25, 0.3) is 6.08 Å². The van der Waals surface area contributed by atoms with E-state index >= 15 is 0 Å². The number of carbonyl (C=O) groups is 2. The molecule has 1 aromatic rings. The van der Waals surface area contributed by atoms with Gasteiger partial charge in [-0.25, -0.2) is 4.98 Å². The zero-order valence-electron chi connectivity index (χ0n) is 21.7. The van der Waals surface area contributed by atoms with E-state index in [4.69, 9.17) is 14.2 Å². The third kappa shape index (κ3) is 6.57. The summed E-state index contributed by atoms with van der Waals surface area (Å²) in [5.74, 6) is -1.71. The predicted molar refractivity (Wildman–Crippen MR) is 133 cm³/mol. The monoisotopic (exact) mass is 509 g/mol. The fourth-order valence-corrected chi connectivity index (χ4v) is 5.15. The van der Waals surface area contributed by atoms with Crippen molar-refractivity contribution in [2.24, 2.45) is 11.3 Å². The first-order valence-electron chi connectivity index (χ1n) is 12.2. The molecule has 2 fully saturated rings. The highest BCUT2D eigenvalue weighted by atomic mass is 32.1. The van der Waals surface area contributed by atoms with Crippen molar-refractivity contribution in [2.75, 3.05) is 6.61 Å². The third-order valence-corrected chi connectivity index (χ3v) is 8.26. The van der Waals surface area contributed by atoms with Crippen molar-refractivity contribution in [3.8, 4) is 0 Å². The number of aliphatic hydroxyl groups is 2. The molecule has 2 aliphatic rings. The Morgan fingerprint density at radius 1 is 1.23 bits per heavy atom. The maximum absolute atomic E-state index is 13.2. The fraction of sp³-hybridized carbons (Fsp3) is 0.731. The number of ether oxygens (including phenoxy) is 3. The Morgan fingerprint density at radius 2 is 1.91 bits per heavy atom. The van der Waals surface area contributed by atoms with Crippen molar-refractivity contribution in [1.82, 2.24) is 4.98 Å². The Labute approximate surface area is 211 Å². The molecule has 35 heavy (non-hydrogen) atoms. The maximum Gasteiger partial charge on any atom is 0.309 e. The highest BCUT2D eigenvalue weighted by molar-refractivity contribution is 7.09. The minimum atomic E-state index is -1.27. The first kappa shape index (κ1) is 27.9. The second-order valence-corrected chi connectivity index (χ2v) is 11.8. The van der Waals surface area contributed by atoms with Crippen LogP contribution in [0.5, 0.6) is 0 Å². The lowest BCUT2D eigenvalue weighted by Crippen LogP contribution is -2.47. The van der Waals surface area contributed by atoms with Crippen molar-refractivity contribution in [3.63, 3.8) is 0 Å². The fourth-order valence-electron chi connectivity index (χ4n) is 4.58. The lowest BCUT2D eigenvalue weighted by molar-refractivity contribution is -0.155. The van der Waals surface area contributed by atoms with Crippen LogP contribution in [0.1, 0.15) is 71.5 Å². The summed E-state index contributed by atoms with van der Waals surface area (Å²) in [7, 11) is 0. The van der Waals surface area contributed by atoms with Gasteiger partial charge in [-0.3, -0.25) is 9.59 Å². The Morgan fingerprint density at radius 3 is 2.54 bits per heavy atom. The zero-order chi connectivity index (χ0) is 26.1. The maximum atomic E-state index is 13.2. The molecule has 7 atom stereocenters. The molecule has 2 saturated heterocycles. The van der Waals surface area contributed by atoms with Crippen molar-refractivity contribution in [2.45, 2.75) is 104 Å². The second-order valence-electron chi connectivity index (χ2n) is 10.7. The molecule has 9 heteroatoms. The van der Waals surface area contributed by atoms with E-state index in [1.54, 1.807) is 39.0 Å². The lowest BCUT2D eigenvalue weighted by Gasteiger charge is -2.34. The lowest BCUT2D eigenvalue weighted by atomic mass is 9.74. The number of aryl methyl sites for hydroxylation is 1. The van der Waals surface area contributed by atoms with Crippen LogP contribution in [0, 0.1) is 18.3 Å². The number of esters is 1. The number of aromatic nitrogens is 1. The number of ketones is 1. The summed E-state index contributed by atoms with van der Waals surface area (Å²) in [4.78, 5) is 30.5. The second kappa shape index (κ2) is 10.8. The summed E-state index contributed by atoms with van der Waals surface area (Å²) in [5, 5.41) is 24.4. The molecule has 0 saturated carbocycles. The van der Waals surface area contributed by atoms with E-state index in [2.05, 4.69) is 4.98 Å². The Kier molecular flexibility index (Phi) is 8.59. The normalized spacial score (nSPS) is 37.5. The number of rotatable bonds is 2. The molecule has 0 unspecified atom stereocenters. The molecule has 0 radical (unpaired) electrons. The average Bonchev–Trinajstić information content (AvgIpc) is 3.22. The molecule has 3 heterocycles. The minimum absolute atomic E-state index is 0.126. The van der Waals surface area contributed by atoms with Gasteiger partial charge in [0.1, 0.15) is 11.9 Å². The van der Waals surface area contributed by atoms with Gasteiger partial charge in [0.15, 0.2) is 0 Å². The van der Waals surface area contributed by atoms with Crippen LogP contribution >= 0.6 is 11.3 Å². The number of thiazole rings is 1. The van der Waals surface area contributed by atoms with E-state index in [0.717, 1.165) is 16.3 Å². The van der Waals surface area contributed by atoms with E-state index in [1.165, 1.54) is 0 Å². The van der Waals surface area contributed by atoms with Gasteiger partial charge in [0.2, 0.25) is 0 Å². The van der Waals surface area contributed by atoms with Crippen molar-refractivity contribution >= 4 is 29.2 Å². The number of fused-ring (bicyclic) bond motifs is 1. The third-order valence-electron chi connectivity index (χ3n) is 7.47. The number of nitrogens with zero attached hydrogens (tertiary/aromatic N) is 1. The summed E-state index contributed by atoms with van der Waals surface area (Å²) < 4.78 is 17.7. The zero-order valence-corrected chi connectivity index (χ0v) is 22.6. The van der Waals surface area contributed by atoms with Gasteiger partial charge in [-0.05, 0) is 39.3 Å². The molecule has 0 bridgehead atoms.